The number of halogens is 3. The summed E-state index contributed by atoms with van der Waals surface area (Å²) in [6.45, 7) is 1.49. The topological polar surface area (TPSA) is 90.2 Å². The largest absolute Gasteiger partial charge is 0.573 e. The summed E-state index contributed by atoms with van der Waals surface area (Å²) in [5.41, 5.74) is -0.0130. The number of oxazole rings is 1. The minimum absolute atomic E-state index is 0.0192. The number of nitrogens with zero attached hydrogens (tertiary/aromatic N) is 2. The third kappa shape index (κ3) is 3.97. The summed E-state index contributed by atoms with van der Waals surface area (Å²) in [6, 6.07) is 6.41. The fourth-order valence-electron chi connectivity index (χ4n) is 2.04. The number of H-pyrrole nitrogens is 1. The first-order valence-corrected chi connectivity index (χ1v) is 6.87. The Labute approximate surface area is 138 Å². The molecule has 130 valence electrons. The Morgan fingerprint density at radius 2 is 2.08 bits per heavy atom. The van der Waals surface area contributed by atoms with E-state index in [0.717, 1.165) is 12.1 Å². The Morgan fingerprint density at radius 1 is 1.28 bits per heavy atom. The lowest BCUT2D eigenvalue weighted by atomic mass is 10.1. The van der Waals surface area contributed by atoms with Crippen molar-refractivity contribution in [3.05, 3.63) is 48.1 Å². The first kappa shape index (κ1) is 16.6. The lowest BCUT2D eigenvalue weighted by Crippen LogP contribution is -2.17. The molecule has 0 atom stereocenters. The van der Waals surface area contributed by atoms with Crippen LogP contribution < -0.4 is 9.47 Å². The molecule has 2 heterocycles. The van der Waals surface area contributed by atoms with E-state index in [2.05, 4.69) is 19.9 Å². The minimum atomic E-state index is -4.84. The number of hydrogen-bond donors (Lipinski definition) is 1. The number of hydrogen-bond acceptors (Lipinski definition) is 6. The summed E-state index contributed by atoms with van der Waals surface area (Å²) >= 11 is 0. The molecule has 0 aliphatic carbocycles. The molecular weight excluding hydrogens is 343 g/mol. The van der Waals surface area contributed by atoms with Gasteiger partial charge in [-0.1, -0.05) is 12.1 Å². The van der Waals surface area contributed by atoms with Crippen LogP contribution in [0.2, 0.25) is 0 Å². The highest BCUT2D eigenvalue weighted by Gasteiger charge is 2.31. The van der Waals surface area contributed by atoms with Gasteiger partial charge in [0.25, 0.3) is 0 Å². The first-order valence-electron chi connectivity index (χ1n) is 6.87. The van der Waals surface area contributed by atoms with Crippen LogP contribution in [-0.2, 0) is 0 Å². The average Bonchev–Trinajstić information content (AvgIpc) is 3.15. The molecule has 0 bridgehead atoms. The zero-order valence-electron chi connectivity index (χ0n) is 12.6. The van der Waals surface area contributed by atoms with Crippen LogP contribution in [0.5, 0.6) is 11.6 Å². The highest BCUT2D eigenvalue weighted by atomic mass is 19.4. The second-order valence-corrected chi connectivity index (χ2v) is 4.79. The van der Waals surface area contributed by atoms with Gasteiger partial charge in [0.2, 0.25) is 5.88 Å². The molecular formula is C15H10F3N3O4. The summed E-state index contributed by atoms with van der Waals surface area (Å²) in [4.78, 5) is 16.2. The van der Waals surface area contributed by atoms with Crippen molar-refractivity contribution in [2.24, 2.45) is 0 Å². The highest BCUT2D eigenvalue weighted by molar-refractivity contribution is 5.95. The van der Waals surface area contributed by atoms with E-state index < -0.39 is 18.1 Å². The zero-order chi connectivity index (χ0) is 18.0. The molecule has 0 saturated heterocycles. The molecule has 3 rings (SSSR count). The van der Waals surface area contributed by atoms with Crippen LogP contribution in [0.15, 0.2) is 40.9 Å². The predicted octanol–water partition coefficient (Wildman–Crippen LogP) is 3.49. The molecule has 0 amide bonds. The number of esters is 1. The number of benzene rings is 1. The summed E-state index contributed by atoms with van der Waals surface area (Å²) in [5.74, 6) is -1.19. The van der Waals surface area contributed by atoms with Crippen LogP contribution in [0.1, 0.15) is 16.4 Å². The monoisotopic (exact) mass is 353 g/mol. The summed E-state index contributed by atoms with van der Waals surface area (Å²) in [7, 11) is 0. The SMILES string of the molecule is Cc1nc(C(=O)Oc2cc[nH]n2)c(-c2cccc(OC(F)(F)F)c2)o1. The second kappa shape index (κ2) is 6.30. The van der Waals surface area contributed by atoms with Crippen molar-refractivity contribution in [2.45, 2.75) is 13.3 Å². The van der Waals surface area contributed by atoms with Crippen LogP contribution >= 0.6 is 0 Å². The van der Waals surface area contributed by atoms with Crippen molar-refractivity contribution >= 4 is 5.97 Å². The molecule has 2 aromatic heterocycles. The number of aryl methyl sites for hydroxylation is 1. The van der Waals surface area contributed by atoms with Gasteiger partial charge in [-0.05, 0) is 12.1 Å². The predicted molar refractivity (Wildman–Crippen MR) is 76.9 cm³/mol. The van der Waals surface area contributed by atoms with Gasteiger partial charge in [-0.2, -0.15) is 0 Å². The smallest absolute Gasteiger partial charge is 0.440 e. The van der Waals surface area contributed by atoms with E-state index in [1.54, 1.807) is 0 Å². The Bertz CT molecular complexity index is 888. The molecule has 3 aromatic rings. The van der Waals surface area contributed by atoms with Gasteiger partial charge in [0.15, 0.2) is 17.3 Å². The number of carbonyl (C=O) groups excluding carboxylic acids is 1. The quantitative estimate of drug-likeness (QED) is 0.722. The highest BCUT2D eigenvalue weighted by Crippen LogP contribution is 2.30. The Balaban J connectivity index is 1.93. The van der Waals surface area contributed by atoms with Crippen LogP contribution in [0, 0.1) is 6.92 Å². The van der Waals surface area contributed by atoms with Crippen molar-refractivity contribution < 1.29 is 31.9 Å². The van der Waals surface area contributed by atoms with Gasteiger partial charge in [-0.15, -0.1) is 18.3 Å². The third-order valence-electron chi connectivity index (χ3n) is 2.93. The molecule has 0 spiro atoms. The molecule has 10 heteroatoms. The van der Waals surface area contributed by atoms with E-state index in [1.165, 1.54) is 31.3 Å². The molecule has 0 aliphatic heterocycles. The van der Waals surface area contributed by atoms with E-state index in [0.29, 0.717) is 0 Å². The lowest BCUT2D eigenvalue weighted by Gasteiger charge is -2.09. The van der Waals surface area contributed by atoms with Crippen LogP contribution in [0.4, 0.5) is 13.2 Å². The van der Waals surface area contributed by atoms with Crippen molar-refractivity contribution in [3.8, 4) is 23.0 Å². The van der Waals surface area contributed by atoms with Crippen LogP contribution in [0.3, 0.4) is 0 Å². The standard InChI is InChI=1S/C15H10F3N3O4/c1-8-20-12(14(22)24-11-5-6-19-21-11)13(23-8)9-3-2-4-10(7-9)25-15(16,17)18/h2-7H,1H3,(H,19,21). The van der Waals surface area contributed by atoms with E-state index in [-0.39, 0.29) is 28.8 Å². The van der Waals surface area contributed by atoms with Crippen molar-refractivity contribution in [2.75, 3.05) is 0 Å². The molecule has 0 saturated carbocycles. The number of ether oxygens (including phenoxy) is 2. The third-order valence-corrected chi connectivity index (χ3v) is 2.93. The zero-order valence-corrected chi connectivity index (χ0v) is 12.6. The summed E-state index contributed by atoms with van der Waals surface area (Å²) < 4.78 is 51.3. The molecule has 25 heavy (non-hydrogen) atoms. The average molecular weight is 353 g/mol. The fraction of sp³-hybridized carbons (Fsp3) is 0.133. The van der Waals surface area contributed by atoms with Gasteiger partial charge in [0, 0.05) is 24.8 Å². The van der Waals surface area contributed by atoms with Gasteiger partial charge >= 0.3 is 12.3 Å². The Morgan fingerprint density at radius 3 is 2.76 bits per heavy atom. The van der Waals surface area contributed by atoms with E-state index >= 15 is 0 Å². The number of nitrogens with one attached hydrogen (secondary N) is 1. The second-order valence-electron chi connectivity index (χ2n) is 4.79. The van der Waals surface area contributed by atoms with Crippen molar-refractivity contribution in [3.63, 3.8) is 0 Å². The molecule has 0 fully saturated rings. The normalized spacial score (nSPS) is 11.4. The van der Waals surface area contributed by atoms with Gasteiger partial charge in [0.1, 0.15) is 5.75 Å². The fourth-order valence-corrected chi connectivity index (χ4v) is 2.04. The maximum absolute atomic E-state index is 12.4. The first-order chi connectivity index (χ1) is 11.8. The van der Waals surface area contributed by atoms with Crippen LogP contribution in [-0.4, -0.2) is 27.5 Å². The summed E-state index contributed by atoms with van der Waals surface area (Å²) in [6.07, 6.45) is -3.38. The molecule has 7 nitrogen and oxygen atoms in total. The lowest BCUT2D eigenvalue weighted by molar-refractivity contribution is -0.274. The number of rotatable bonds is 4. The Kier molecular flexibility index (Phi) is 4.17. The molecule has 1 N–H and O–H groups in total. The number of carbonyl (C=O) groups is 1. The van der Waals surface area contributed by atoms with Gasteiger partial charge in [0.05, 0.1) is 0 Å². The van der Waals surface area contributed by atoms with E-state index in [4.69, 9.17) is 9.15 Å². The number of aromatic amines is 1. The summed E-state index contributed by atoms with van der Waals surface area (Å²) in [5, 5.41) is 6.15. The van der Waals surface area contributed by atoms with Crippen LogP contribution in [0.25, 0.3) is 11.3 Å². The molecule has 0 radical (unpaired) electrons. The van der Waals surface area contributed by atoms with Gasteiger partial charge in [-0.3, -0.25) is 5.10 Å². The molecule has 0 unspecified atom stereocenters. The maximum atomic E-state index is 12.4. The van der Waals surface area contributed by atoms with Gasteiger partial charge in [-0.25, -0.2) is 9.78 Å². The van der Waals surface area contributed by atoms with Crippen molar-refractivity contribution in [1.29, 1.82) is 0 Å². The number of aromatic nitrogens is 3. The molecule has 1 aromatic carbocycles. The van der Waals surface area contributed by atoms with E-state index in [9.17, 15) is 18.0 Å². The number of alkyl halides is 3. The van der Waals surface area contributed by atoms with E-state index in [1.807, 2.05) is 0 Å². The maximum Gasteiger partial charge on any atom is 0.573 e. The van der Waals surface area contributed by atoms with Gasteiger partial charge < -0.3 is 13.9 Å². The van der Waals surface area contributed by atoms with Crippen molar-refractivity contribution in [1.82, 2.24) is 15.2 Å². The molecule has 0 aliphatic rings. The minimum Gasteiger partial charge on any atom is -0.440 e. The Hall–Kier alpha value is -3.30.